The average molecular weight is 379 g/mol. The number of nitrogens with zero attached hydrogens (tertiary/aromatic N) is 1. The zero-order valence-electron chi connectivity index (χ0n) is 17.4. The van der Waals surface area contributed by atoms with Gasteiger partial charge in [0.25, 0.3) is 0 Å². The number of anilines is 2. The molecular weight excluding hydrogens is 342 g/mol. The maximum absolute atomic E-state index is 4.37. The molecule has 0 unspecified atom stereocenters. The molecule has 0 spiro atoms. The van der Waals surface area contributed by atoms with E-state index >= 15 is 0 Å². The maximum atomic E-state index is 4.37. The number of benzene rings is 2. The summed E-state index contributed by atoms with van der Waals surface area (Å²) in [5, 5.41) is 7.03. The molecule has 1 aliphatic heterocycles. The molecule has 1 fully saturated rings. The Labute approximate surface area is 171 Å². The lowest BCUT2D eigenvalue weighted by Crippen LogP contribution is -2.52. The number of hydrogen-bond donors (Lipinski definition) is 2. The fourth-order valence-corrected chi connectivity index (χ4v) is 4.26. The topological polar surface area (TPSA) is 24.1 Å². The van der Waals surface area contributed by atoms with Crippen molar-refractivity contribution in [3.63, 3.8) is 0 Å². The lowest BCUT2D eigenvalue weighted by Gasteiger charge is -2.42. The summed E-state index contributed by atoms with van der Waals surface area (Å²) in [6, 6.07) is 19.5. The Morgan fingerprint density at radius 1 is 0.929 bits per heavy atom. The highest BCUT2D eigenvalue weighted by Gasteiger charge is 2.30. The first-order valence-corrected chi connectivity index (χ1v) is 10.9. The quantitative estimate of drug-likeness (QED) is 0.390. The van der Waals surface area contributed by atoms with Gasteiger partial charge in [-0.2, -0.15) is 0 Å². The zero-order valence-corrected chi connectivity index (χ0v) is 17.4. The number of quaternary nitrogens is 1. The first-order chi connectivity index (χ1) is 13.7. The highest BCUT2D eigenvalue weighted by atomic mass is 15.4. The van der Waals surface area contributed by atoms with Crippen LogP contribution >= 0.6 is 0 Å². The molecule has 150 valence electrons. The Bertz CT molecular complexity index is 715. The van der Waals surface area contributed by atoms with Gasteiger partial charge in [0.2, 0.25) is 0 Å². The summed E-state index contributed by atoms with van der Waals surface area (Å²) in [4.78, 5) is 0. The fraction of sp³-hybridized carbons (Fsp3) is 0.440. The van der Waals surface area contributed by atoms with Crippen LogP contribution in [0.1, 0.15) is 44.6 Å². The number of nitrogens with one attached hydrogen (secondary N) is 2. The van der Waals surface area contributed by atoms with Crippen LogP contribution in [-0.2, 0) is 6.54 Å². The normalized spacial score (nSPS) is 15.8. The standard InChI is InChI=1S/C25H36N3/c1-3-4-17-26-24-13-15-25(16-14-24)27-22(2)20-28(18-9-6-10-19-28)21-23-11-7-5-8-12-23/h5,7-8,11-16,26-27H,2-4,6,9-10,17-21H2,1H3/q+1. The number of likely N-dealkylation sites (tertiary alicyclic amines) is 1. The largest absolute Gasteiger partial charge is 0.385 e. The van der Waals surface area contributed by atoms with E-state index in [0.29, 0.717) is 0 Å². The van der Waals surface area contributed by atoms with E-state index in [1.807, 2.05) is 0 Å². The second kappa shape index (κ2) is 10.3. The van der Waals surface area contributed by atoms with Gasteiger partial charge in [-0.1, -0.05) is 50.3 Å². The molecule has 2 aromatic carbocycles. The second-order valence-corrected chi connectivity index (χ2v) is 8.24. The van der Waals surface area contributed by atoms with Crippen molar-refractivity contribution in [3.8, 4) is 0 Å². The van der Waals surface area contributed by atoms with Crippen LogP contribution in [0, 0.1) is 0 Å². The molecular formula is C25H36N3+. The minimum atomic E-state index is 0.991. The maximum Gasteiger partial charge on any atom is 0.119 e. The van der Waals surface area contributed by atoms with Gasteiger partial charge in [0.05, 0.1) is 18.8 Å². The fourth-order valence-electron chi connectivity index (χ4n) is 4.26. The van der Waals surface area contributed by atoms with Crippen molar-refractivity contribution in [1.82, 2.24) is 0 Å². The van der Waals surface area contributed by atoms with Gasteiger partial charge in [-0.05, 0) is 49.9 Å². The molecule has 3 nitrogen and oxygen atoms in total. The summed E-state index contributed by atoms with van der Waals surface area (Å²) in [7, 11) is 0. The molecule has 0 saturated carbocycles. The molecule has 1 aliphatic rings. The van der Waals surface area contributed by atoms with Crippen LogP contribution in [-0.4, -0.2) is 30.7 Å². The SMILES string of the molecule is C=C(C[N+]1(Cc2ccccc2)CCCCC1)Nc1ccc(NCCCC)cc1. The smallest absolute Gasteiger partial charge is 0.119 e. The summed E-state index contributed by atoms with van der Waals surface area (Å²) >= 11 is 0. The summed E-state index contributed by atoms with van der Waals surface area (Å²) < 4.78 is 1.12. The predicted octanol–water partition coefficient (Wildman–Crippen LogP) is 6.03. The molecule has 2 aromatic rings. The van der Waals surface area contributed by atoms with E-state index in [1.54, 1.807) is 0 Å². The highest BCUT2D eigenvalue weighted by Crippen LogP contribution is 2.25. The molecule has 2 N–H and O–H groups in total. The molecule has 0 radical (unpaired) electrons. The van der Waals surface area contributed by atoms with E-state index in [0.717, 1.165) is 35.5 Å². The van der Waals surface area contributed by atoms with Crippen LogP contribution in [0.3, 0.4) is 0 Å². The van der Waals surface area contributed by atoms with E-state index in [9.17, 15) is 0 Å². The van der Waals surface area contributed by atoms with Gasteiger partial charge in [0.1, 0.15) is 13.1 Å². The summed E-state index contributed by atoms with van der Waals surface area (Å²) in [6.07, 6.45) is 6.42. The van der Waals surface area contributed by atoms with Crippen LogP contribution in [0.15, 0.2) is 66.9 Å². The van der Waals surface area contributed by atoms with Crippen molar-refractivity contribution in [2.45, 2.75) is 45.6 Å². The lowest BCUT2D eigenvalue weighted by atomic mass is 10.0. The minimum Gasteiger partial charge on any atom is -0.385 e. The second-order valence-electron chi connectivity index (χ2n) is 8.24. The van der Waals surface area contributed by atoms with Gasteiger partial charge in [-0.15, -0.1) is 0 Å². The molecule has 28 heavy (non-hydrogen) atoms. The van der Waals surface area contributed by atoms with E-state index in [2.05, 4.69) is 78.7 Å². The summed E-state index contributed by atoms with van der Waals surface area (Å²) in [6.45, 7) is 12.2. The highest BCUT2D eigenvalue weighted by molar-refractivity contribution is 5.55. The zero-order chi connectivity index (χ0) is 19.7. The summed E-state index contributed by atoms with van der Waals surface area (Å²) in [5.41, 5.74) is 4.86. The first-order valence-electron chi connectivity index (χ1n) is 10.9. The van der Waals surface area contributed by atoms with E-state index in [-0.39, 0.29) is 0 Å². The third kappa shape index (κ3) is 6.13. The first kappa shape index (κ1) is 20.5. The number of piperidine rings is 1. The van der Waals surface area contributed by atoms with Gasteiger partial charge >= 0.3 is 0 Å². The van der Waals surface area contributed by atoms with Crippen molar-refractivity contribution in [3.05, 3.63) is 72.4 Å². The van der Waals surface area contributed by atoms with Crippen LogP contribution < -0.4 is 10.6 Å². The Balaban J connectivity index is 1.59. The van der Waals surface area contributed by atoms with Crippen LogP contribution in [0.25, 0.3) is 0 Å². The predicted molar refractivity (Wildman–Crippen MR) is 121 cm³/mol. The third-order valence-corrected chi connectivity index (χ3v) is 5.72. The average Bonchev–Trinajstić information content (AvgIpc) is 2.71. The van der Waals surface area contributed by atoms with Gasteiger partial charge in [-0.3, -0.25) is 0 Å². The van der Waals surface area contributed by atoms with Crippen molar-refractivity contribution >= 4 is 11.4 Å². The van der Waals surface area contributed by atoms with E-state index < -0.39 is 0 Å². The molecule has 3 heteroatoms. The lowest BCUT2D eigenvalue weighted by molar-refractivity contribution is -0.940. The van der Waals surface area contributed by atoms with Crippen LogP contribution in [0.4, 0.5) is 11.4 Å². The van der Waals surface area contributed by atoms with Crippen molar-refractivity contribution in [2.75, 3.05) is 36.8 Å². The Hall–Kier alpha value is -2.26. The molecule has 3 rings (SSSR count). The van der Waals surface area contributed by atoms with Gasteiger partial charge in [0, 0.05) is 23.5 Å². The number of unbranched alkanes of at least 4 members (excludes halogenated alkanes) is 1. The Kier molecular flexibility index (Phi) is 7.55. The Morgan fingerprint density at radius 3 is 2.29 bits per heavy atom. The van der Waals surface area contributed by atoms with Gasteiger partial charge in [0.15, 0.2) is 0 Å². The minimum absolute atomic E-state index is 0.991. The van der Waals surface area contributed by atoms with Crippen LogP contribution in [0.5, 0.6) is 0 Å². The van der Waals surface area contributed by atoms with Crippen LogP contribution in [0.2, 0.25) is 0 Å². The molecule has 1 saturated heterocycles. The van der Waals surface area contributed by atoms with E-state index in [1.165, 1.54) is 56.4 Å². The van der Waals surface area contributed by atoms with Crippen molar-refractivity contribution in [2.24, 2.45) is 0 Å². The van der Waals surface area contributed by atoms with Crippen molar-refractivity contribution in [1.29, 1.82) is 0 Å². The molecule has 0 atom stereocenters. The molecule has 0 aliphatic carbocycles. The third-order valence-electron chi connectivity index (χ3n) is 5.72. The number of hydrogen-bond acceptors (Lipinski definition) is 2. The van der Waals surface area contributed by atoms with Gasteiger partial charge in [-0.25, -0.2) is 0 Å². The molecule has 0 aromatic heterocycles. The number of rotatable bonds is 10. The van der Waals surface area contributed by atoms with E-state index in [4.69, 9.17) is 0 Å². The van der Waals surface area contributed by atoms with Crippen molar-refractivity contribution < 1.29 is 4.48 Å². The Morgan fingerprint density at radius 2 is 1.61 bits per heavy atom. The molecule has 1 heterocycles. The van der Waals surface area contributed by atoms with Gasteiger partial charge < -0.3 is 15.1 Å². The molecule has 0 bridgehead atoms. The molecule has 0 amide bonds. The summed E-state index contributed by atoms with van der Waals surface area (Å²) in [5.74, 6) is 0. The monoisotopic (exact) mass is 378 g/mol.